The molecule has 29 heavy (non-hydrogen) atoms. The molecule has 2 aromatic rings. The summed E-state index contributed by atoms with van der Waals surface area (Å²) in [5.41, 5.74) is 1.94. The maximum absolute atomic E-state index is 11.7. The molecule has 0 aliphatic carbocycles. The first-order chi connectivity index (χ1) is 13.7. The normalized spacial score (nSPS) is 12.8. The van der Waals surface area contributed by atoms with Crippen molar-refractivity contribution in [2.45, 2.75) is 80.0 Å². The van der Waals surface area contributed by atoms with Gasteiger partial charge in [0, 0.05) is 6.07 Å². The summed E-state index contributed by atoms with van der Waals surface area (Å²) in [4.78, 5) is 11.7. The molecule has 1 amide bonds. The van der Waals surface area contributed by atoms with Gasteiger partial charge in [-0.1, -0.05) is 20.3 Å². The molecular formula is C23H38N3O3+. The number of alkyl carbamates (subject to hydrolysis) is 1. The fraction of sp³-hybridized carbons (Fsp3) is 0.652. The Balaban J connectivity index is 2.11. The molecule has 1 unspecified atom stereocenters. The number of rotatable bonds is 9. The molecule has 0 saturated heterocycles. The maximum Gasteiger partial charge on any atom is 0.407 e. The molecule has 0 bridgehead atoms. The zero-order chi connectivity index (χ0) is 21.6. The number of nitrogens with zero attached hydrogens (tertiary/aromatic N) is 2. The first kappa shape index (κ1) is 23.0. The van der Waals surface area contributed by atoms with Gasteiger partial charge < -0.3 is 14.8 Å². The Bertz CT molecular complexity index is 821. The summed E-state index contributed by atoms with van der Waals surface area (Å²) < 4.78 is 15.9. The summed E-state index contributed by atoms with van der Waals surface area (Å²) in [5.74, 6) is 2.84. The van der Waals surface area contributed by atoms with Crippen molar-refractivity contribution >= 4 is 17.1 Å². The van der Waals surface area contributed by atoms with Gasteiger partial charge >= 0.3 is 6.09 Å². The van der Waals surface area contributed by atoms with Gasteiger partial charge in [0.2, 0.25) is 0 Å². The number of carbonyl (C=O) groups excluding carboxylic acids is 1. The van der Waals surface area contributed by atoms with Crippen LogP contribution in [0.1, 0.15) is 60.7 Å². The predicted octanol–water partition coefficient (Wildman–Crippen LogP) is 4.46. The molecule has 1 N–H and O–H groups in total. The SMILES string of the molecule is CCC(C)Cc1n(CC)c2cc(OCCNC(=O)OC(C)(C)C)ccc2[n+]1CC. The highest BCUT2D eigenvalue weighted by atomic mass is 16.6. The van der Waals surface area contributed by atoms with Crippen molar-refractivity contribution in [3.05, 3.63) is 24.0 Å². The third-order valence-electron chi connectivity index (χ3n) is 5.05. The van der Waals surface area contributed by atoms with Crippen LogP contribution in [0.5, 0.6) is 5.75 Å². The number of imidazole rings is 1. The van der Waals surface area contributed by atoms with E-state index in [1.807, 2.05) is 26.8 Å². The summed E-state index contributed by atoms with van der Waals surface area (Å²) in [6.07, 6.45) is 1.83. The van der Waals surface area contributed by atoms with Crippen molar-refractivity contribution in [3.63, 3.8) is 0 Å². The minimum Gasteiger partial charge on any atom is -0.492 e. The van der Waals surface area contributed by atoms with E-state index < -0.39 is 11.7 Å². The largest absolute Gasteiger partial charge is 0.492 e. The Kier molecular flexibility index (Phi) is 7.94. The molecule has 6 heteroatoms. The van der Waals surface area contributed by atoms with Gasteiger partial charge in [0.05, 0.1) is 26.1 Å². The Hall–Kier alpha value is -2.24. The number of aryl methyl sites for hydroxylation is 2. The molecule has 1 aromatic heterocycles. The third-order valence-corrected chi connectivity index (χ3v) is 5.05. The average Bonchev–Trinajstić information content (AvgIpc) is 2.95. The summed E-state index contributed by atoms with van der Waals surface area (Å²) in [6, 6.07) is 6.26. The number of hydrogen-bond donors (Lipinski definition) is 1. The molecule has 0 spiro atoms. The van der Waals surface area contributed by atoms with Crippen molar-refractivity contribution in [2.24, 2.45) is 5.92 Å². The van der Waals surface area contributed by atoms with Crippen LogP contribution in [0.4, 0.5) is 4.79 Å². The lowest BCUT2D eigenvalue weighted by Crippen LogP contribution is -2.37. The van der Waals surface area contributed by atoms with Crippen molar-refractivity contribution < 1.29 is 18.8 Å². The number of fused-ring (bicyclic) bond motifs is 1. The monoisotopic (exact) mass is 404 g/mol. The van der Waals surface area contributed by atoms with Crippen LogP contribution in [0.25, 0.3) is 11.0 Å². The number of hydrogen-bond acceptors (Lipinski definition) is 3. The number of amides is 1. The fourth-order valence-electron chi connectivity index (χ4n) is 3.48. The van der Waals surface area contributed by atoms with Crippen LogP contribution in [-0.4, -0.2) is 29.4 Å². The molecule has 162 valence electrons. The predicted molar refractivity (Wildman–Crippen MR) is 116 cm³/mol. The number of carbonyl (C=O) groups is 1. The second-order valence-corrected chi connectivity index (χ2v) is 8.55. The Labute approximate surface area is 175 Å². The summed E-state index contributed by atoms with van der Waals surface area (Å²) in [7, 11) is 0. The molecule has 0 saturated carbocycles. The van der Waals surface area contributed by atoms with Crippen molar-refractivity contribution in [2.75, 3.05) is 13.2 Å². The van der Waals surface area contributed by atoms with E-state index in [-0.39, 0.29) is 0 Å². The topological polar surface area (TPSA) is 56.4 Å². The number of nitrogens with one attached hydrogen (secondary N) is 1. The molecule has 0 aliphatic heterocycles. The molecule has 1 atom stereocenters. The van der Waals surface area contributed by atoms with Gasteiger partial charge in [-0.05, 0) is 52.7 Å². The molecule has 0 fully saturated rings. The van der Waals surface area contributed by atoms with E-state index in [1.54, 1.807) is 0 Å². The van der Waals surface area contributed by atoms with E-state index in [1.165, 1.54) is 23.3 Å². The van der Waals surface area contributed by atoms with Crippen LogP contribution in [0.15, 0.2) is 18.2 Å². The highest BCUT2D eigenvalue weighted by molar-refractivity contribution is 5.74. The Morgan fingerprint density at radius 1 is 1.24 bits per heavy atom. The molecule has 6 nitrogen and oxygen atoms in total. The van der Waals surface area contributed by atoms with E-state index in [4.69, 9.17) is 9.47 Å². The second-order valence-electron chi connectivity index (χ2n) is 8.55. The molecule has 0 aliphatic rings. The fourth-order valence-corrected chi connectivity index (χ4v) is 3.48. The van der Waals surface area contributed by atoms with Crippen LogP contribution in [-0.2, 0) is 24.2 Å². The number of benzene rings is 1. The summed E-state index contributed by atoms with van der Waals surface area (Å²) >= 11 is 0. The number of aromatic nitrogens is 2. The van der Waals surface area contributed by atoms with Crippen molar-refractivity contribution in [1.29, 1.82) is 0 Å². The van der Waals surface area contributed by atoms with E-state index in [2.05, 4.69) is 54.3 Å². The van der Waals surface area contributed by atoms with Gasteiger partial charge in [0.1, 0.15) is 18.0 Å². The van der Waals surface area contributed by atoms with Gasteiger partial charge in [0.15, 0.2) is 11.0 Å². The second kappa shape index (κ2) is 9.99. The quantitative estimate of drug-likeness (QED) is 0.496. The zero-order valence-corrected chi connectivity index (χ0v) is 19.2. The lowest BCUT2D eigenvalue weighted by molar-refractivity contribution is -0.676. The molecule has 1 heterocycles. The first-order valence-electron chi connectivity index (χ1n) is 10.8. The van der Waals surface area contributed by atoms with Gasteiger partial charge in [-0.3, -0.25) is 0 Å². The molecule has 0 radical (unpaired) electrons. The minimum absolute atomic E-state index is 0.394. The van der Waals surface area contributed by atoms with E-state index in [9.17, 15) is 4.79 Å². The molecule has 2 rings (SSSR count). The lowest BCUT2D eigenvalue weighted by Gasteiger charge is -2.19. The van der Waals surface area contributed by atoms with Crippen LogP contribution < -0.4 is 14.6 Å². The first-order valence-corrected chi connectivity index (χ1v) is 10.8. The highest BCUT2D eigenvalue weighted by Crippen LogP contribution is 2.23. The standard InChI is InChI=1S/C23H37N3O3/c1-8-17(4)15-21-25(9-2)19-12-11-18(16-20(19)26(21)10-3)28-14-13-24-22(27)29-23(5,6)7/h11-12,16-17H,8-10,13-15H2,1-7H3/p+1. The lowest BCUT2D eigenvalue weighted by atomic mass is 10.0. The van der Waals surface area contributed by atoms with Gasteiger partial charge in [-0.15, -0.1) is 0 Å². The van der Waals surface area contributed by atoms with Gasteiger partial charge in [-0.25, -0.2) is 13.9 Å². The van der Waals surface area contributed by atoms with Crippen LogP contribution in [0, 0.1) is 5.92 Å². The van der Waals surface area contributed by atoms with Crippen LogP contribution in [0.2, 0.25) is 0 Å². The van der Waals surface area contributed by atoms with E-state index in [0.717, 1.165) is 25.3 Å². The third kappa shape index (κ3) is 6.12. The maximum atomic E-state index is 11.7. The summed E-state index contributed by atoms with van der Waals surface area (Å²) in [6.45, 7) is 17.2. The van der Waals surface area contributed by atoms with Crippen molar-refractivity contribution in [1.82, 2.24) is 9.88 Å². The van der Waals surface area contributed by atoms with Crippen molar-refractivity contribution in [3.8, 4) is 5.75 Å². The zero-order valence-electron chi connectivity index (χ0n) is 19.2. The average molecular weight is 405 g/mol. The Morgan fingerprint density at radius 3 is 2.55 bits per heavy atom. The van der Waals surface area contributed by atoms with Gasteiger partial charge in [-0.2, -0.15) is 0 Å². The van der Waals surface area contributed by atoms with Crippen LogP contribution in [0.3, 0.4) is 0 Å². The number of ether oxygens (including phenoxy) is 2. The molecule has 1 aromatic carbocycles. The highest BCUT2D eigenvalue weighted by Gasteiger charge is 2.24. The molecular weight excluding hydrogens is 366 g/mol. The smallest absolute Gasteiger partial charge is 0.407 e. The minimum atomic E-state index is -0.497. The summed E-state index contributed by atoms with van der Waals surface area (Å²) in [5, 5.41) is 2.72. The Morgan fingerprint density at radius 2 is 1.97 bits per heavy atom. The van der Waals surface area contributed by atoms with Crippen LogP contribution >= 0.6 is 0 Å². The van der Waals surface area contributed by atoms with E-state index >= 15 is 0 Å². The van der Waals surface area contributed by atoms with E-state index in [0.29, 0.717) is 19.1 Å². The van der Waals surface area contributed by atoms with Gasteiger partial charge in [0.25, 0.3) is 5.82 Å².